The second kappa shape index (κ2) is 5.89. The van der Waals surface area contributed by atoms with E-state index >= 15 is 0 Å². The highest BCUT2D eigenvalue weighted by molar-refractivity contribution is 6.50. The minimum absolute atomic E-state index is 0.0375. The molecule has 24 heavy (non-hydrogen) atoms. The van der Waals surface area contributed by atoms with Crippen molar-refractivity contribution in [1.82, 2.24) is 4.98 Å². The van der Waals surface area contributed by atoms with Gasteiger partial charge in [-0.2, -0.15) is 0 Å². The zero-order chi connectivity index (χ0) is 16.9. The van der Waals surface area contributed by atoms with Crippen molar-refractivity contribution in [3.8, 4) is 0 Å². The van der Waals surface area contributed by atoms with E-state index in [4.69, 9.17) is 32.9 Å². The lowest BCUT2D eigenvalue weighted by atomic mass is 9.89. The van der Waals surface area contributed by atoms with Crippen molar-refractivity contribution in [3.63, 3.8) is 0 Å². The fourth-order valence-electron chi connectivity index (χ4n) is 3.47. The van der Waals surface area contributed by atoms with Gasteiger partial charge in [-0.15, -0.1) is 23.2 Å². The first-order chi connectivity index (χ1) is 11.5. The summed E-state index contributed by atoms with van der Waals surface area (Å²) in [6.45, 7) is 2.30. The van der Waals surface area contributed by atoms with E-state index in [0.29, 0.717) is 12.0 Å². The Labute approximate surface area is 151 Å². The van der Waals surface area contributed by atoms with Crippen molar-refractivity contribution < 1.29 is 9.53 Å². The molecule has 126 valence electrons. The number of halogens is 2. The molecule has 1 fully saturated rings. The Hall–Kier alpha value is -1.32. The van der Waals surface area contributed by atoms with E-state index in [-0.39, 0.29) is 18.5 Å². The largest absolute Gasteiger partial charge is 0.462 e. The van der Waals surface area contributed by atoms with Gasteiger partial charge >= 0.3 is 5.97 Å². The number of fused-ring (bicyclic) bond motifs is 2. The topological polar surface area (TPSA) is 39.2 Å². The van der Waals surface area contributed by atoms with Crippen LogP contribution in [0.1, 0.15) is 46.4 Å². The summed E-state index contributed by atoms with van der Waals surface area (Å²) in [5.41, 5.74) is 4.76. The number of hydrogen-bond acceptors (Lipinski definition) is 3. The molecular weight excluding hydrogens is 345 g/mol. The number of carbonyl (C=O) groups is 1. The molecule has 0 radical (unpaired) electrons. The molecule has 2 aliphatic rings. The maximum absolute atomic E-state index is 12.8. The van der Waals surface area contributed by atoms with Crippen molar-refractivity contribution >= 4 is 40.1 Å². The number of benzene rings is 1. The number of nitrogens with zero attached hydrogens (tertiary/aromatic N) is 1. The fourth-order valence-corrected chi connectivity index (χ4v) is 3.97. The molecule has 1 atom stereocenters. The summed E-state index contributed by atoms with van der Waals surface area (Å²) in [5.74, 6) is -0.238. The zero-order valence-electron chi connectivity index (χ0n) is 13.6. The van der Waals surface area contributed by atoms with Crippen LogP contribution in [0.5, 0.6) is 0 Å². The van der Waals surface area contributed by atoms with E-state index in [9.17, 15) is 4.79 Å². The Morgan fingerprint density at radius 2 is 2.08 bits per heavy atom. The summed E-state index contributed by atoms with van der Waals surface area (Å²) < 4.78 is 4.84. The molecule has 1 aromatic carbocycles. The number of carbonyl (C=O) groups excluding carboxylic acids is 1. The Morgan fingerprint density at radius 3 is 2.83 bits per heavy atom. The first-order valence-corrected chi connectivity index (χ1v) is 9.18. The van der Waals surface area contributed by atoms with Gasteiger partial charge < -0.3 is 4.74 Å². The first kappa shape index (κ1) is 16.2. The maximum Gasteiger partial charge on any atom is 0.339 e. The third kappa shape index (κ3) is 2.89. The van der Waals surface area contributed by atoms with Crippen LogP contribution in [0, 0.1) is 12.8 Å². The van der Waals surface area contributed by atoms with E-state index in [1.54, 1.807) is 0 Å². The SMILES string of the molecule is Cc1ccc2nc3c(c(C(=O)OC[C@H]4CC4(Cl)Cl)c2c1)CCCC3. The van der Waals surface area contributed by atoms with Gasteiger partial charge in [0.1, 0.15) is 4.33 Å². The summed E-state index contributed by atoms with van der Waals surface area (Å²) in [7, 11) is 0. The molecule has 0 saturated heterocycles. The molecule has 3 nitrogen and oxygen atoms in total. The molecule has 1 heterocycles. The van der Waals surface area contributed by atoms with Crippen LogP contribution >= 0.6 is 23.2 Å². The number of alkyl halides is 2. The van der Waals surface area contributed by atoms with Crippen molar-refractivity contribution in [2.24, 2.45) is 5.92 Å². The van der Waals surface area contributed by atoms with Crippen LogP contribution in [0.3, 0.4) is 0 Å². The molecular formula is C19H19Cl2NO2. The predicted octanol–water partition coefficient (Wildman–Crippen LogP) is 4.77. The monoisotopic (exact) mass is 363 g/mol. The molecule has 2 aromatic rings. The van der Waals surface area contributed by atoms with E-state index in [2.05, 4.69) is 0 Å². The second-order valence-electron chi connectivity index (χ2n) is 6.90. The van der Waals surface area contributed by atoms with E-state index in [1.807, 2.05) is 25.1 Å². The highest BCUT2D eigenvalue weighted by Gasteiger charge is 2.52. The van der Waals surface area contributed by atoms with Gasteiger partial charge in [-0.3, -0.25) is 4.98 Å². The Bertz CT molecular complexity index is 832. The smallest absolute Gasteiger partial charge is 0.339 e. The highest BCUT2D eigenvalue weighted by Crippen LogP contribution is 2.53. The molecule has 0 unspecified atom stereocenters. The first-order valence-electron chi connectivity index (χ1n) is 8.43. The van der Waals surface area contributed by atoms with Gasteiger partial charge in [0.05, 0.1) is 17.7 Å². The van der Waals surface area contributed by atoms with Crippen LogP contribution in [0.25, 0.3) is 10.9 Å². The number of ether oxygens (including phenoxy) is 1. The number of aryl methyl sites for hydroxylation is 2. The quantitative estimate of drug-likeness (QED) is 0.582. The van der Waals surface area contributed by atoms with E-state index in [1.165, 1.54) is 0 Å². The third-order valence-electron chi connectivity index (χ3n) is 4.99. The van der Waals surface area contributed by atoms with Gasteiger partial charge in [0, 0.05) is 17.0 Å². The van der Waals surface area contributed by atoms with Crippen molar-refractivity contribution in [2.45, 2.75) is 43.4 Å². The molecule has 0 spiro atoms. The predicted molar refractivity (Wildman–Crippen MR) is 95.9 cm³/mol. The minimum Gasteiger partial charge on any atom is -0.462 e. The highest BCUT2D eigenvalue weighted by atomic mass is 35.5. The van der Waals surface area contributed by atoms with Gasteiger partial charge in [0.25, 0.3) is 0 Å². The van der Waals surface area contributed by atoms with Gasteiger partial charge in [-0.1, -0.05) is 11.6 Å². The molecule has 1 saturated carbocycles. The van der Waals surface area contributed by atoms with Gasteiger partial charge in [0.15, 0.2) is 0 Å². The minimum atomic E-state index is -0.726. The summed E-state index contributed by atoms with van der Waals surface area (Å²) >= 11 is 12.1. The van der Waals surface area contributed by atoms with Crippen molar-refractivity contribution in [1.29, 1.82) is 0 Å². The second-order valence-corrected chi connectivity index (χ2v) is 8.44. The average Bonchev–Trinajstić information content (AvgIpc) is 3.17. The average molecular weight is 364 g/mol. The summed E-state index contributed by atoms with van der Waals surface area (Å²) in [6.07, 6.45) is 4.69. The fraction of sp³-hybridized carbons (Fsp3) is 0.474. The van der Waals surface area contributed by atoms with Gasteiger partial charge in [-0.05, 0) is 56.7 Å². The lowest BCUT2D eigenvalue weighted by Crippen LogP contribution is -2.17. The van der Waals surface area contributed by atoms with E-state index in [0.717, 1.165) is 53.4 Å². The van der Waals surface area contributed by atoms with Crippen LogP contribution in [0.2, 0.25) is 0 Å². The summed E-state index contributed by atoms with van der Waals surface area (Å²) in [5, 5.41) is 0.888. The number of rotatable bonds is 3. The van der Waals surface area contributed by atoms with Crippen LogP contribution < -0.4 is 0 Å². The molecule has 0 aliphatic heterocycles. The molecule has 0 bridgehead atoms. The normalized spacial score (nSPS) is 21.4. The van der Waals surface area contributed by atoms with Crippen LogP contribution in [0.4, 0.5) is 0 Å². The molecule has 1 aromatic heterocycles. The number of pyridine rings is 1. The van der Waals surface area contributed by atoms with Gasteiger partial charge in [0.2, 0.25) is 0 Å². The Morgan fingerprint density at radius 1 is 1.33 bits per heavy atom. The summed E-state index contributed by atoms with van der Waals surface area (Å²) in [6, 6.07) is 6.04. The lowest BCUT2D eigenvalue weighted by molar-refractivity contribution is 0.0486. The van der Waals surface area contributed by atoms with Gasteiger partial charge in [-0.25, -0.2) is 4.79 Å². The van der Waals surface area contributed by atoms with Crippen molar-refractivity contribution in [2.75, 3.05) is 6.61 Å². The molecule has 0 amide bonds. The molecule has 0 N–H and O–H groups in total. The van der Waals surface area contributed by atoms with Crippen molar-refractivity contribution in [3.05, 3.63) is 40.6 Å². The molecule has 5 heteroatoms. The maximum atomic E-state index is 12.8. The standard InChI is InChI=1S/C19H19Cl2NO2/c1-11-6-7-16-14(8-11)17(13-4-2-3-5-15(13)22-16)18(23)24-10-12-9-19(12,20)21/h6-8,12H,2-5,9-10H2,1H3/t12-/m1/s1. The lowest BCUT2D eigenvalue weighted by Gasteiger charge is -2.20. The zero-order valence-corrected chi connectivity index (χ0v) is 15.1. The molecule has 4 rings (SSSR count). The molecule has 2 aliphatic carbocycles. The van der Waals surface area contributed by atoms with Crippen LogP contribution in [0.15, 0.2) is 18.2 Å². The Balaban J connectivity index is 1.74. The van der Waals surface area contributed by atoms with E-state index < -0.39 is 4.33 Å². The van der Waals surface area contributed by atoms with Crippen LogP contribution in [-0.2, 0) is 17.6 Å². The Kier molecular flexibility index (Phi) is 3.97. The number of esters is 1. The van der Waals surface area contributed by atoms with Crippen LogP contribution in [-0.4, -0.2) is 21.9 Å². The number of hydrogen-bond donors (Lipinski definition) is 0. The third-order valence-corrected chi connectivity index (χ3v) is 5.92. The summed E-state index contributed by atoms with van der Waals surface area (Å²) in [4.78, 5) is 17.6. The number of aromatic nitrogens is 1.